The molecular weight excluding hydrogens is 438 g/mol. The van der Waals surface area contributed by atoms with Crippen LogP contribution in [0.3, 0.4) is 0 Å². The van der Waals surface area contributed by atoms with Crippen LogP contribution in [0.15, 0.2) is 40.5 Å². The van der Waals surface area contributed by atoms with Crippen molar-refractivity contribution in [2.45, 2.75) is 29.4 Å². The summed E-state index contributed by atoms with van der Waals surface area (Å²) in [6.45, 7) is 2.73. The lowest BCUT2D eigenvalue weighted by atomic mass is 10.2. The van der Waals surface area contributed by atoms with Crippen molar-refractivity contribution in [3.63, 3.8) is 0 Å². The molecular formula is C19H23N7O3S2. The van der Waals surface area contributed by atoms with E-state index in [0.29, 0.717) is 23.8 Å². The highest BCUT2D eigenvalue weighted by molar-refractivity contribution is 7.98. The summed E-state index contributed by atoms with van der Waals surface area (Å²) in [4.78, 5) is 23.9. The average molecular weight is 462 g/mol. The number of benzene rings is 1. The van der Waals surface area contributed by atoms with Crippen molar-refractivity contribution < 1.29 is 13.2 Å². The zero-order chi connectivity index (χ0) is 22.0. The molecule has 164 valence electrons. The van der Waals surface area contributed by atoms with Crippen LogP contribution in [0.1, 0.15) is 23.2 Å². The number of hydrogen-bond acceptors (Lipinski definition) is 8. The van der Waals surface area contributed by atoms with Gasteiger partial charge in [-0.1, -0.05) is 11.8 Å². The van der Waals surface area contributed by atoms with Gasteiger partial charge in [-0.25, -0.2) is 28.2 Å². The number of sulfonamides is 1. The van der Waals surface area contributed by atoms with E-state index < -0.39 is 10.0 Å². The van der Waals surface area contributed by atoms with Crippen LogP contribution in [-0.4, -0.2) is 60.0 Å². The highest BCUT2D eigenvalue weighted by Gasteiger charge is 2.20. The molecule has 0 saturated carbocycles. The predicted octanol–water partition coefficient (Wildman–Crippen LogP) is 1.23. The first-order valence-corrected chi connectivity index (χ1v) is 12.6. The number of hydrogen-bond donors (Lipinski definition) is 2. The first-order chi connectivity index (χ1) is 14.9. The SMILES string of the molecule is CSc1nc(N2CCCC2)c2cnn(CCNC(=O)c3ccc(S(N)(=O)=O)cc3)c2n1. The Kier molecular flexibility index (Phi) is 6.12. The lowest BCUT2D eigenvalue weighted by Crippen LogP contribution is -2.27. The van der Waals surface area contributed by atoms with Gasteiger partial charge in [-0.15, -0.1) is 0 Å². The number of nitrogens with one attached hydrogen (secondary N) is 1. The molecule has 10 nitrogen and oxygen atoms in total. The molecule has 0 spiro atoms. The fourth-order valence-electron chi connectivity index (χ4n) is 3.52. The second-order valence-corrected chi connectivity index (χ2v) is 9.49. The van der Waals surface area contributed by atoms with Crippen LogP contribution in [0.4, 0.5) is 5.82 Å². The van der Waals surface area contributed by atoms with E-state index in [1.54, 1.807) is 10.9 Å². The van der Waals surface area contributed by atoms with Gasteiger partial charge < -0.3 is 10.2 Å². The summed E-state index contributed by atoms with van der Waals surface area (Å²) in [5, 5.41) is 14.0. The van der Waals surface area contributed by atoms with Gasteiger partial charge in [0, 0.05) is 25.2 Å². The highest BCUT2D eigenvalue weighted by atomic mass is 32.2. The van der Waals surface area contributed by atoms with Gasteiger partial charge in [0.05, 0.1) is 23.0 Å². The van der Waals surface area contributed by atoms with Gasteiger partial charge in [-0.05, 0) is 43.4 Å². The maximum absolute atomic E-state index is 12.4. The van der Waals surface area contributed by atoms with Crippen LogP contribution in [0, 0.1) is 0 Å². The van der Waals surface area contributed by atoms with Gasteiger partial charge in [0.2, 0.25) is 10.0 Å². The van der Waals surface area contributed by atoms with E-state index in [0.717, 1.165) is 42.8 Å². The molecule has 31 heavy (non-hydrogen) atoms. The van der Waals surface area contributed by atoms with Crippen molar-refractivity contribution >= 4 is 44.5 Å². The third-order valence-electron chi connectivity index (χ3n) is 5.10. The number of nitrogens with zero attached hydrogens (tertiary/aromatic N) is 5. The Bertz CT molecular complexity index is 1200. The number of anilines is 1. The quantitative estimate of drug-likeness (QED) is 0.396. The smallest absolute Gasteiger partial charge is 0.251 e. The minimum atomic E-state index is -3.79. The lowest BCUT2D eigenvalue weighted by molar-refractivity contribution is 0.0952. The monoisotopic (exact) mass is 461 g/mol. The lowest BCUT2D eigenvalue weighted by Gasteiger charge is -2.17. The topological polar surface area (TPSA) is 136 Å². The fraction of sp³-hybridized carbons (Fsp3) is 0.368. The molecule has 4 rings (SSSR count). The van der Waals surface area contributed by atoms with E-state index in [1.165, 1.54) is 36.0 Å². The van der Waals surface area contributed by atoms with E-state index >= 15 is 0 Å². The van der Waals surface area contributed by atoms with Crippen molar-refractivity contribution in [1.82, 2.24) is 25.1 Å². The molecule has 0 atom stereocenters. The van der Waals surface area contributed by atoms with E-state index in [4.69, 9.17) is 10.1 Å². The third-order valence-corrected chi connectivity index (χ3v) is 6.57. The molecule has 3 aromatic rings. The maximum Gasteiger partial charge on any atom is 0.251 e. The van der Waals surface area contributed by atoms with Gasteiger partial charge in [0.25, 0.3) is 5.91 Å². The van der Waals surface area contributed by atoms with E-state index in [2.05, 4.69) is 20.3 Å². The minimum absolute atomic E-state index is 0.0369. The zero-order valence-corrected chi connectivity index (χ0v) is 18.6. The largest absolute Gasteiger partial charge is 0.356 e. The summed E-state index contributed by atoms with van der Waals surface area (Å²) in [6, 6.07) is 5.48. The molecule has 3 heterocycles. The molecule has 0 radical (unpaired) electrons. The van der Waals surface area contributed by atoms with E-state index in [9.17, 15) is 13.2 Å². The summed E-state index contributed by atoms with van der Waals surface area (Å²) in [5.74, 6) is 0.603. The Morgan fingerprint density at radius 1 is 1.19 bits per heavy atom. The van der Waals surface area contributed by atoms with Crippen LogP contribution in [0.5, 0.6) is 0 Å². The first-order valence-electron chi connectivity index (χ1n) is 9.80. The molecule has 1 saturated heterocycles. The summed E-state index contributed by atoms with van der Waals surface area (Å²) >= 11 is 1.49. The summed E-state index contributed by atoms with van der Waals surface area (Å²) in [7, 11) is -3.79. The molecule has 1 aliphatic heterocycles. The van der Waals surface area contributed by atoms with Gasteiger partial charge in [-0.3, -0.25) is 4.79 Å². The van der Waals surface area contributed by atoms with Crippen molar-refractivity contribution in [2.24, 2.45) is 5.14 Å². The minimum Gasteiger partial charge on any atom is -0.356 e. The summed E-state index contributed by atoms with van der Waals surface area (Å²) in [6.07, 6.45) is 6.02. The Morgan fingerprint density at radius 3 is 2.55 bits per heavy atom. The fourth-order valence-corrected chi connectivity index (χ4v) is 4.39. The van der Waals surface area contributed by atoms with Gasteiger partial charge in [0.1, 0.15) is 5.82 Å². The van der Waals surface area contributed by atoms with Crippen molar-refractivity contribution in [2.75, 3.05) is 30.8 Å². The zero-order valence-electron chi connectivity index (χ0n) is 17.0. The number of carbonyl (C=O) groups excluding carboxylic acids is 1. The summed E-state index contributed by atoms with van der Waals surface area (Å²) < 4.78 is 24.4. The molecule has 1 aromatic carbocycles. The molecule has 2 aromatic heterocycles. The Morgan fingerprint density at radius 2 is 1.90 bits per heavy atom. The maximum atomic E-state index is 12.4. The average Bonchev–Trinajstić information content (AvgIpc) is 3.43. The van der Waals surface area contributed by atoms with Gasteiger partial charge in [-0.2, -0.15) is 5.10 Å². The number of fused-ring (bicyclic) bond motifs is 1. The van der Waals surface area contributed by atoms with Crippen LogP contribution in [0.25, 0.3) is 11.0 Å². The molecule has 1 amide bonds. The van der Waals surface area contributed by atoms with Crippen molar-refractivity contribution in [3.8, 4) is 0 Å². The molecule has 0 bridgehead atoms. The number of primary sulfonamides is 1. The number of amides is 1. The van der Waals surface area contributed by atoms with Crippen LogP contribution < -0.4 is 15.4 Å². The van der Waals surface area contributed by atoms with Crippen LogP contribution >= 0.6 is 11.8 Å². The highest BCUT2D eigenvalue weighted by Crippen LogP contribution is 2.28. The molecule has 1 aliphatic rings. The molecule has 12 heteroatoms. The molecule has 0 unspecified atom stereocenters. The second-order valence-electron chi connectivity index (χ2n) is 7.16. The van der Waals surface area contributed by atoms with Crippen LogP contribution in [-0.2, 0) is 16.6 Å². The first kappa shape index (κ1) is 21.5. The Balaban J connectivity index is 1.46. The van der Waals surface area contributed by atoms with Crippen molar-refractivity contribution in [1.29, 1.82) is 0 Å². The van der Waals surface area contributed by atoms with Gasteiger partial charge in [0.15, 0.2) is 10.8 Å². The number of carbonyl (C=O) groups is 1. The predicted molar refractivity (Wildman–Crippen MR) is 119 cm³/mol. The van der Waals surface area contributed by atoms with Crippen LogP contribution in [0.2, 0.25) is 0 Å². The van der Waals surface area contributed by atoms with Gasteiger partial charge >= 0.3 is 0 Å². The third kappa shape index (κ3) is 4.65. The molecule has 0 aliphatic carbocycles. The number of rotatable bonds is 7. The van der Waals surface area contributed by atoms with E-state index in [1.807, 2.05) is 6.26 Å². The molecule has 3 N–H and O–H groups in total. The Hall–Kier alpha value is -2.70. The number of thioether (sulfide) groups is 1. The summed E-state index contributed by atoms with van der Waals surface area (Å²) in [5.41, 5.74) is 1.09. The number of aromatic nitrogens is 4. The normalized spacial score (nSPS) is 14.3. The van der Waals surface area contributed by atoms with E-state index in [-0.39, 0.29) is 10.8 Å². The van der Waals surface area contributed by atoms with Crippen molar-refractivity contribution in [3.05, 3.63) is 36.0 Å². The second kappa shape index (κ2) is 8.81. The standard InChI is InChI=1S/C19H23N7O3S2/c1-30-19-23-16(25-9-2-3-10-25)15-12-22-26(17(15)24-19)11-8-21-18(27)13-4-6-14(7-5-13)31(20,28)29/h4-7,12H,2-3,8-11H2,1H3,(H,21,27)(H2,20,28,29). The molecule has 1 fully saturated rings. The Labute approximate surface area is 184 Å². The number of nitrogens with two attached hydrogens (primary N) is 1.